The van der Waals surface area contributed by atoms with Crippen LogP contribution in [0.3, 0.4) is 0 Å². The Morgan fingerprint density at radius 2 is 0.507 bits per heavy atom. The third-order valence-electron chi connectivity index (χ3n) is 32.1. The Hall–Kier alpha value is -12.5. The summed E-state index contributed by atoms with van der Waals surface area (Å²) in [6.07, 6.45) is 16.8. The molecular formula is C133H137O10S5+5. The van der Waals surface area contributed by atoms with Crippen LogP contribution in [0.1, 0.15) is 162 Å². The SMILES string of the molecule is COc1c(C)cc([S+](c2ccccc2)c2ccccc2)cc1C.COc1ccc([S+](c2ccccc2)c2ccccc2)cc1.Cc1cc([S+](c2ccccc2)c2ccccc2)cc(C)c1OC(=O)C12CC3CC(CC(C3)C1)C2.Cc1cc([S+](c2ccccc2)c2ccccc2)cc(C)c1OC(=O)C12CCC(C)(C(=O)O1)C2(C)C.Cc1cc([S+](c2ccccc2)c2ccccc2)cc(C)c1OC(=O)CC12CC3CC(CC(C3)C1)C2. The number of carbonyl (C=O) groups excluding carboxylic acids is 4. The molecule has 754 valence electrons. The molecule has 10 nitrogen and oxygen atoms in total. The minimum Gasteiger partial charge on any atom is -0.497 e. The number of aryl methyl sites for hydroxylation is 8. The van der Waals surface area contributed by atoms with Gasteiger partial charge in [-0.3, -0.25) is 14.4 Å². The highest BCUT2D eigenvalue weighted by molar-refractivity contribution is 7.98. The van der Waals surface area contributed by atoms with E-state index in [1.807, 2.05) is 58.9 Å². The molecule has 2 atom stereocenters. The number of benzene rings is 15. The maximum absolute atomic E-state index is 13.6. The van der Waals surface area contributed by atoms with E-state index in [0.29, 0.717) is 25.0 Å². The molecule has 15 aromatic carbocycles. The Morgan fingerprint density at radius 3 is 0.743 bits per heavy atom. The first kappa shape index (κ1) is 104. The van der Waals surface area contributed by atoms with Gasteiger partial charge in [0, 0.05) is 53.9 Å². The van der Waals surface area contributed by atoms with Gasteiger partial charge in [0.1, 0.15) is 28.7 Å². The standard InChI is InChI=1S/C32H35O2S.C31H33O2S.C30H31O4S.C21H21OS.C19H17OS/c1-22-13-29(35(27-9-5-3-6-10-27)28-11-7-4-8-12-28)14-23(2)31(22)34-30(33)21-32-18-24-15-25(19-32)17-26(16-24)20-32;1-21-13-28(34(26-9-5-3-6-10-26)27-11-7-4-8-12-27)14-22(2)29(21)33-30(32)31-18-23-15-24(19-31)17-25(16-23)20-31;1-20-18-24(35(22-12-8-6-9-13-22)23-14-10-7-11-15-23)19-21(2)25(20)33-27(32)30-17-16-29(5,26(31)34-30)28(30,3)4;1-16-14-20(15-17(2)21(16)22-3)23(18-10-6-4-7-11-18)19-12-8-5-9-13-19;1-20-16-12-14-19(15-13-16)21(17-8-4-2-5-9-17)18-10-6-3-7-11-18/h3-14,24-26H,15-21H2,1-2H3;3-14,23-25H,15-20H2,1-2H3;6-15,18-19H,16-17H2,1-5H3;4-15H,1-3H3;2-15H,1H3/q5*+1. The molecule has 0 aromatic heterocycles. The van der Waals surface area contributed by atoms with Crippen molar-refractivity contribution in [1.29, 1.82) is 0 Å². The van der Waals surface area contributed by atoms with Gasteiger partial charge in [-0.05, 0) is 383 Å². The Labute approximate surface area is 891 Å². The largest absolute Gasteiger partial charge is 0.497 e. The Bertz CT molecular complexity index is 6780. The van der Waals surface area contributed by atoms with E-state index >= 15 is 0 Å². The van der Waals surface area contributed by atoms with Gasteiger partial charge in [0.2, 0.25) is 5.60 Å². The lowest BCUT2D eigenvalue weighted by molar-refractivity contribution is -0.176. The van der Waals surface area contributed by atoms with E-state index in [1.54, 1.807) is 14.2 Å². The van der Waals surface area contributed by atoms with Crippen molar-refractivity contribution in [2.24, 2.45) is 57.2 Å². The first-order valence-corrected chi connectivity index (χ1v) is 58.5. The van der Waals surface area contributed by atoms with Crippen LogP contribution in [0.2, 0.25) is 0 Å². The highest BCUT2D eigenvalue weighted by Gasteiger charge is 2.77. The molecule has 9 saturated carbocycles. The zero-order chi connectivity index (χ0) is 103. The number of hydrogen-bond donors (Lipinski definition) is 0. The van der Waals surface area contributed by atoms with Crippen LogP contribution >= 0.6 is 0 Å². The maximum atomic E-state index is 13.6. The predicted octanol–water partition coefficient (Wildman–Crippen LogP) is 32.1. The van der Waals surface area contributed by atoms with E-state index in [2.05, 4.69) is 393 Å². The zero-order valence-corrected chi connectivity index (χ0v) is 91.6. The highest BCUT2D eigenvalue weighted by atomic mass is 32.2. The molecule has 15 heteroatoms. The molecule has 25 rings (SSSR count). The van der Waals surface area contributed by atoms with Crippen molar-refractivity contribution in [2.75, 3.05) is 14.2 Å². The smallest absolute Gasteiger partial charge is 0.356 e. The fraction of sp³-hybridized carbons (Fsp3) is 0.293. The van der Waals surface area contributed by atoms with Gasteiger partial charge in [-0.15, -0.1) is 0 Å². The molecule has 10 bridgehead atoms. The van der Waals surface area contributed by atoms with Gasteiger partial charge >= 0.3 is 23.9 Å². The van der Waals surface area contributed by atoms with E-state index in [0.717, 1.165) is 116 Å². The normalized spacial score (nSPS) is 21.5. The second-order valence-electron chi connectivity index (χ2n) is 42.8. The van der Waals surface area contributed by atoms with Gasteiger partial charge in [-0.2, -0.15) is 0 Å². The van der Waals surface area contributed by atoms with Gasteiger partial charge in [0.15, 0.2) is 73.4 Å². The van der Waals surface area contributed by atoms with Gasteiger partial charge in [0.05, 0.1) is 85.9 Å². The number of hydrogen-bond acceptors (Lipinski definition) is 10. The van der Waals surface area contributed by atoms with E-state index in [-0.39, 0.29) is 83.2 Å². The van der Waals surface area contributed by atoms with Crippen LogP contribution in [0.5, 0.6) is 28.7 Å². The molecule has 148 heavy (non-hydrogen) atoms. The van der Waals surface area contributed by atoms with Crippen molar-refractivity contribution in [3.63, 3.8) is 0 Å². The Kier molecular flexibility index (Phi) is 32.0. The molecule has 0 amide bonds. The summed E-state index contributed by atoms with van der Waals surface area (Å²) >= 11 is 0. The minimum atomic E-state index is -1.24. The highest BCUT2D eigenvalue weighted by Crippen LogP contribution is 2.67. The maximum Gasteiger partial charge on any atom is 0.356 e. The summed E-state index contributed by atoms with van der Waals surface area (Å²) in [5, 5.41) is 0. The van der Waals surface area contributed by atoms with Crippen LogP contribution in [0.15, 0.2) is 450 Å². The van der Waals surface area contributed by atoms with E-state index in [4.69, 9.17) is 28.4 Å². The van der Waals surface area contributed by atoms with Crippen molar-refractivity contribution in [2.45, 2.75) is 252 Å². The average molecular weight is 2060 g/mol. The summed E-state index contributed by atoms with van der Waals surface area (Å²) in [5.41, 5.74) is 5.78. The fourth-order valence-corrected chi connectivity index (χ4v) is 36.8. The molecule has 9 aliphatic carbocycles. The number of esters is 4. The molecule has 1 heterocycles. The molecule has 0 spiro atoms. The van der Waals surface area contributed by atoms with Gasteiger partial charge in [0.25, 0.3) is 0 Å². The zero-order valence-electron chi connectivity index (χ0n) is 87.5. The lowest BCUT2D eigenvalue weighted by Crippen LogP contribution is -2.51. The molecule has 15 aromatic rings. The second-order valence-corrected chi connectivity index (χ2v) is 52.9. The molecule has 10 fully saturated rings. The van der Waals surface area contributed by atoms with Crippen molar-refractivity contribution >= 4 is 78.4 Å². The minimum absolute atomic E-state index is 0.0315. The monoisotopic (exact) mass is 2050 g/mol. The predicted molar refractivity (Wildman–Crippen MR) is 601 cm³/mol. The molecule has 1 aliphatic heterocycles. The summed E-state index contributed by atoms with van der Waals surface area (Å²) in [5.74, 6) is 7.96. The number of ether oxygens (including phenoxy) is 6. The fourth-order valence-electron chi connectivity index (χ4n) is 25.6. The first-order valence-electron chi connectivity index (χ1n) is 52.4. The van der Waals surface area contributed by atoms with Crippen LogP contribution in [-0.4, -0.2) is 43.7 Å². The van der Waals surface area contributed by atoms with Crippen LogP contribution in [0.4, 0.5) is 0 Å². The number of rotatable bonds is 24. The quantitative estimate of drug-likeness (QED) is 0.0328. The van der Waals surface area contributed by atoms with Crippen LogP contribution < -0.4 is 23.7 Å². The lowest BCUT2D eigenvalue weighted by atomic mass is 9.49. The van der Waals surface area contributed by atoms with Crippen LogP contribution in [0.25, 0.3) is 0 Å². The first-order chi connectivity index (χ1) is 71.7. The Morgan fingerprint density at radius 1 is 0.277 bits per heavy atom. The molecule has 1 saturated heterocycles. The number of fused-ring (bicyclic) bond motifs is 2. The average Bonchev–Trinajstić information content (AvgIpc) is 1.51. The summed E-state index contributed by atoms with van der Waals surface area (Å²) in [4.78, 5) is 72.3. The third-order valence-corrected chi connectivity index (χ3v) is 43.1. The van der Waals surface area contributed by atoms with E-state index in [9.17, 15) is 19.2 Å². The van der Waals surface area contributed by atoms with Crippen LogP contribution in [-0.2, 0) is 78.4 Å². The molecule has 10 aliphatic rings. The van der Waals surface area contributed by atoms with Crippen LogP contribution in [0, 0.1) is 113 Å². The topological polar surface area (TPSA) is 124 Å². The van der Waals surface area contributed by atoms with Crippen molar-refractivity contribution in [1.82, 2.24) is 0 Å². The molecule has 0 N–H and O–H groups in total. The van der Waals surface area contributed by atoms with Gasteiger partial charge in [-0.25, -0.2) is 4.79 Å². The summed E-state index contributed by atoms with van der Waals surface area (Å²) in [7, 11) is 2.55. The van der Waals surface area contributed by atoms with Crippen molar-refractivity contribution in [3.05, 3.63) is 421 Å². The lowest BCUT2D eigenvalue weighted by Gasteiger charge is -2.56. The molecule has 2 unspecified atom stereocenters. The molecule has 0 radical (unpaired) electrons. The summed E-state index contributed by atoms with van der Waals surface area (Å²) < 4.78 is 35.0. The number of carbonyl (C=O) groups is 4. The van der Waals surface area contributed by atoms with Crippen molar-refractivity contribution < 1.29 is 47.6 Å². The Balaban J connectivity index is 0.000000118. The third kappa shape index (κ3) is 22.3. The number of methoxy groups -OCH3 is 2. The summed E-state index contributed by atoms with van der Waals surface area (Å²) in [6, 6.07) is 133. The van der Waals surface area contributed by atoms with Gasteiger partial charge in [-0.1, -0.05) is 196 Å². The molecular weight excluding hydrogens is 1920 g/mol. The van der Waals surface area contributed by atoms with Gasteiger partial charge < -0.3 is 28.4 Å². The summed E-state index contributed by atoms with van der Waals surface area (Å²) in [6.45, 7) is 22.3. The van der Waals surface area contributed by atoms with E-state index in [1.165, 1.54) is 137 Å². The van der Waals surface area contributed by atoms with Crippen molar-refractivity contribution in [3.8, 4) is 28.7 Å². The second kappa shape index (κ2) is 45.5. The van der Waals surface area contributed by atoms with E-state index < -0.39 is 22.4 Å².